The maximum absolute atomic E-state index is 15.1. The summed E-state index contributed by atoms with van der Waals surface area (Å²) >= 11 is 0. The van der Waals surface area contributed by atoms with E-state index in [9.17, 15) is 14.4 Å². The van der Waals surface area contributed by atoms with E-state index in [1.807, 2.05) is 23.9 Å². The van der Waals surface area contributed by atoms with Crippen LogP contribution in [0.15, 0.2) is 47.1 Å². The Labute approximate surface area is 226 Å². The normalized spacial score (nSPS) is 18.4. The Hall–Kier alpha value is -4.98. The predicted octanol–water partition coefficient (Wildman–Crippen LogP) is 2.05. The molecule has 14 heteroatoms. The van der Waals surface area contributed by atoms with Gasteiger partial charge in [-0.05, 0) is 37.9 Å². The summed E-state index contributed by atoms with van der Waals surface area (Å²) in [5.41, 5.74) is -0.456. The lowest BCUT2D eigenvalue weighted by molar-refractivity contribution is -0.131. The second kappa shape index (κ2) is 9.34. The molecule has 1 fully saturated rings. The van der Waals surface area contributed by atoms with Crippen LogP contribution in [0.4, 0.5) is 20.7 Å². The van der Waals surface area contributed by atoms with Gasteiger partial charge in [-0.1, -0.05) is 6.07 Å². The third-order valence-corrected chi connectivity index (χ3v) is 7.01. The highest BCUT2D eigenvalue weighted by atomic mass is 19.1. The summed E-state index contributed by atoms with van der Waals surface area (Å²) < 4.78 is 26.2. The Balaban J connectivity index is 1.43. The van der Waals surface area contributed by atoms with E-state index in [-0.39, 0.29) is 23.6 Å². The molecule has 3 aromatic heterocycles. The van der Waals surface area contributed by atoms with Crippen molar-refractivity contribution in [2.45, 2.75) is 12.2 Å². The lowest BCUT2D eigenvalue weighted by Gasteiger charge is -2.33. The van der Waals surface area contributed by atoms with E-state index in [1.54, 1.807) is 30.6 Å². The van der Waals surface area contributed by atoms with Crippen LogP contribution in [0.1, 0.15) is 21.7 Å². The van der Waals surface area contributed by atoms with E-state index in [4.69, 9.17) is 14.1 Å². The molecule has 0 aliphatic carbocycles. The Morgan fingerprint density at radius 3 is 2.67 bits per heavy atom. The number of halogens is 1. The number of hydrogen-bond donors (Lipinski definition) is 3. The lowest BCUT2D eigenvalue weighted by Crippen LogP contribution is -2.57. The van der Waals surface area contributed by atoms with Crippen LogP contribution in [0.5, 0.6) is 5.75 Å². The number of methoxy groups -OCH3 is 1. The first-order chi connectivity index (χ1) is 19.2. The summed E-state index contributed by atoms with van der Waals surface area (Å²) in [6, 6.07) is 7.07. The molecule has 2 aliphatic rings. The average molecular weight is 549 g/mol. The topological polar surface area (TPSA) is 149 Å². The fourth-order valence-corrected chi connectivity index (χ4v) is 5.02. The number of ether oxygens (including phenoxy) is 1. The summed E-state index contributed by atoms with van der Waals surface area (Å²) in [6.07, 6.45) is 3.43. The van der Waals surface area contributed by atoms with Gasteiger partial charge in [-0.25, -0.2) is 14.2 Å². The largest absolute Gasteiger partial charge is 0.494 e. The van der Waals surface area contributed by atoms with Crippen molar-refractivity contribution in [3.05, 3.63) is 65.4 Å². The highest BCUT2D eigenvalue weighted by molar-refractivity contribution is 6.11. The lowest BCUT2D eigenvalue weighted by atomic mass is 10.1. The van der Waals surface area contributed by atoms with Crippen LogP contribution < -0.4 is 20.3 Å². The highest BCUT2D eigenvalue weighted by Gasteiger charge is 2.59. The average Bonchev–Trinajstić information content (AvgIpc) is 3.70. The number of H-pyrrole nitrogens is 1. The predicted molar refractivity (Wildman–Crippen MR) is 139 cm³/mol. The third-order valence-electron chi connectivity index (χ3n) is 7.01. The standard InChI is InChI=1S/C26H25FN8O5/c1-33(2)8-9-34(15-11-28-29-12-15)20-7-6-17-16(30-20)10-19(40-17)26(24(37)31-25(38)32-26)35-13-14-4-5-18(39-3)22(27)21(14)23(35)36/h4-7,10-12H,8-9,13H2,1-3H3,(H,28,29)(H2,31,32,37,38)/t26-/m1/s1. The van der Waals surface area contributed by atoms with Gasteiger partial charge in [-0.3, -0.25) is 24.9 Å². The zero-order chi connectivity index (χ0) is 28.2. The van der Waals surface area contributed by atoms with Gasteiger partial charge in [0.2, 0.25) is 0 Å². The quantitative estimate of drug-likeness (QED) is 0.281. The number of imide groups is 1. The molecule has 0 unspecified atom stereocenters. The number of carbonyl (C=O) groups excluding carboxylic acids is 3. The summed E-state index contributed by atoms with van der Waals surface area (Å²) in [6.45, 7) is 1.18. The summed E-state index contributed by atoms with van der Waals surface area (Å²) in [5, 5.41) is 11.6. The van der Waals surface area contributed by atoms with Gasteiger partial charge in [0.1, 0.15) is 11.3 Å². The molecule has 5 heterocycles. The van der Waals surface area contributed by atoms with Crippen molar-refractivity contribution in [3.8, 4) is 5.75 Å². The van der Waals surface area contributed by atoms with Crippen LogP contribution in [0, 0.1) is 5.82 Å². The number of nitrogens with zero attached hydrogens (tertiary/aromatic N) is 5. The van der Waals surface area contributed by atoms with Crippen molar-refractivity contribution < 1.29 is 27.9 Å². The molecular weight excluding hydrogens is 523 g/mol. The minimum absolute atomic E-state index is 0.0489. The van der Waals surface area contributed by atoms with Gasteiger partial charge in [-0.15, -0.1) is 0 Å². The first-order valence-corrected chi connectivity index (χ1v) is 12.4. The molecular formula is C26H25FN8O5. The third kappa shape index (κ3) is 3.83. The number of anilines is 2. The summed E-state index contributed by atoms with van der Waals surface area (Å²) in [7, 11) is 5.22. The first kappa shape index (κ1) is 25.3. The number of amides is 4. The number of nitrogens with one attached hydrogen (secondary N) is 3. The number of hydrogen-bond acceptors (Lipinski definition) is 9. The van der Waals surface area contributed by atoms with Gasteiger partial charge in [0.05, 0.1) is 31.1 Å². The van der Waals surface area contributed by atoms with Crippen molar-refractivity contribution in [2.75, 3.05) is 39.2 Å². The molecule has 0 saturated carbocycles. The Morgan fingerprint density at radius 1 is 1.18 bits per heavy atom. The zero-order valence-electron chi connectivity index (χ0n) is 21.8. The van der Waals surface area contributed by atoms with Crippen LogP contribution in [-0.2, 0) is 17.0 Å². The fraction of sp³-hybridized carbons (Fsp3) is 0.269. The second-order valence-electron chi connectivity index (χ2n) is 9.70. The Morgan fingerprint density at radius 2 is 2.00 bits per heavy atom. The van der Waals surface area contributed by atoms with Crippen LogP contribution >= 0.6 is 0 Å². The van der Waals surface area contributed by atoms with E-state index in [0.29, 0.717) is 29.0 Å². The van der Waals surface area contributed by atoms with Crippen molar-refractivity contribution in [2.24, 2.45) is 0 Å². The molecule has 4 amide bonds. The van der Waals surface area contributed by atoms with Gasteiger partial charge in [0.15, 0.2) is 22.9 Å². The minimum Gasteiger partial charge on any atom is -0.494 e. The first-order valence-electron chi connectivity index (χ1n) is 12.4. The number of rotatable bonds is 8. The summed E-state index contributed by atoms with van der Waals surface area (Å²) in [4.78, 5) is 49.1. The van der Waals surface area contributed by atoms with E-state index in [0.717, 1.165) is 17.1 Å². The zero-order valence-corrected chi connectivity index (χ0v) is 21.8. The molecule has 0 spiro atoms. The van der Waals surface area contributed by atoms with Crippen LogP contribution in [0.25, 0.3) is 11.1 Å². The van der Waals surface area contributed by atoms with Gasteiger partial charge in [-0.2, -0.15) is 5.10 Å². The van der Waals surface area contributed by atoms with Crippen molar-refractivity contribution in [1.82, 2.24) is 35.6 Å². The monoisotopic (exact) mass is 548 g/mol. The fourth-order valence-electron chi connectivity index (χ4n) is 5.02. The molecule has 0 bridgehead atoms. The summed E-state index contributed by atoms with van der Waals surface area (Å²) in [5.74, 6) is -2.05. The van der Waals surface area contributed by atoms with E-state index >= 15 is 4.39 Å². The van der Waals surface area contributed by atoms with E-state index in [1.165, 1.54) is 19.2 Å². The molecule has 6 rings (SSSR count). The van der Waals surface area contributed by atoms with Crippen molar-refractivity contribution in [1.29, 1.82) is 0 Å². The van der Waals surface area contributed by atoms with Gasteiger partial charge in [0, 0.05) is 25.4 Å². The number of urea groups is 1. The van der Waals surface area contributed by atoms with E-state index < -0.39 is 29.3 Å². The molecule has 13 nitrogen and oxygen atoms in total. The van der Waals surface area contributed by atoms with Crippen molar-refractivity contribution in [3.63, 3.8) is 0 Å². The molecule has 1 saturated heterocycles. The SMILES string of the molecule is COc1ccc2c(c1F)C(=O)N([C@@]1(c3cc4nc(N(CCN(C)C)c5cn[nH]c5)ccc4o3)NC(=O)NC1=O)C2. The smallest absolute Gasteiger partial charge is 0.324 e. The number of aromatic nitrogens is 3. The number of fused-ring (bicyclic) bond motifs is 2. The second-order valence-corrected chi connectivity index (χ2v) is 9.70. The highest BCUT2D eigenvalue weighted by Crippen LogP contribution is 2.41. The Kier molecular flexibility index (Phi) is 5.91. The maximum atomic E-state index is 15.1. The minimum atomic E-state index is -2.07. The molecule has 1 atom stereocenters. The molecule has 1 aromatic carbocycles. The number of carbonyl (C=O) groups is 3. The van der Waals surface area contributed by atoms with Crippen LogP contribution in [0.3, 0.4) is 0 Å². The number of aromatic amines is 1. The molecule has 0 radical (unpaired) electrons. The van der Waals surface area contributed by atoms with Crippen LogP contribution in [0.2, 0.25) is 0 Å². The van der Waals surface area contributed by atoms with E-state index in [2.05, 4.69) is 20.8 Å². The van der Waals surface area contributed by atoms with Crippen molar-refractivity contribution >= 4 is 40.5 Å². The number of benzene rings is 1. The number of furan rings is 1. The molecule has 3 N–H and O–H groups in total. The number of likely N-dealkylation sites (N-methyl/N-ethyl adjacent to an activating group) is 1. The van der Waals surface area contributed by atoms with Crippen LogP contribution in [-0.4, -0.2) is 77.1 Å². The van der Waals surface area contributed by atoms with Gasteiger partial charge in [0.25, 0.3) is 17.5 Å². The Bertz CT molecular complexity index is 1650. The molecule has 2 aliphatic heterocycles. The molecule has 4 aromatic rings. The van der Waals surface area contributed by atoms with Gasteiger partial charge < -0.3 is 24.3 Å². The van der Waals surface area contributed by atoms with Gasteiger partial charge >= 0.3 is 6.03 Å². The number of pyridine rings is 1. The molecule has 206 valence electrons. The molecule has 40 heavy (non-hydrogen) atoms. The maximum Gasteiger partial charge on any atom is 0.324 e.